The number of hydrogen-bond acceptors (Lipinski definition) is 1. The van der Waals surface area contributed by atoms with E-state index in [0.717, 1.165) is 65.4 Å². The highest BCUT2D eigenvalue weighted by atomic mass is 16.3. The van der Waals surface area contributed by atoms with Crippen LogP contribution in [0.4, 0.5) is 0 Å². The van der Waals surface area contributed by atoms with Crippen LogP contribution in [-0.4, -0.2) is 0 Å². The molecule has 11 rings (SSSR count). The van der Waals surface area contributed by atoms with Crippen LogP contribution in [0.25, 0.3) is 109 Å². The molecule has 0 aliphatic rings. The minimum absolute atomic E-state index is 0.189. The van der Waals surface area contributed by atoms with Crippen LogP contribution >= 0.6 is 0 Å². The molecule has 1 nitrogen and oxygen atoms in total. The zero-order valence-corrected chi connectivity index (χ0v) is 27.1. The van der Waals surface area contributed by atoms with Crippen LogP contribution < -0.4 is 0 Å². The van der Waals surface area contributed by atoms with E-state index in [1.807, 2.05) is 91.0 Å². The van der Waals surface area contributed by atoms with E-state index in [-0.39, 0.29) is 45.7 Å². The average Bonchev–Trinajstić information content (AvgIpc) is 3.67. The van der Waals surface area contributed by atoms with Gasteiger partial charge in [0.15, 0.2) is 0 Å². The maximum absolute atomic E-state index is 9.43. The fraction of sp³-hybridized carbons (Fsp3) is 0. The van der Waals surface area contributed by atoms with Crippen molar-refractivity contribution < 1.29 is 15.4 Å². The Morgan fingerprint density at radius 1 is 0.373 bits per heavy atom. The van der Waals surface area contributed by atoms with Gasteiger partial charge in [-0.3, -0.25) is 0 Å². The van der Waals surface area contributed by atoms with Gasteiger partial charge in [-0.2, -0.15) is 0 Å². The lowest BCUT2D eigenvalue weighted by atomic mass is 9.84. The highest BCUT2D eigenvalue weighted by Crippen LogP contribution is 2.46. The average molecular weight is 655 g/mol. The Labute approximate surface area is 305 Å². The first-order chi connectivity index (χ1) is 28.6. The topological polar surface area (TPSA) is 13.1 Å². The van der Waals surface area contributed by atoms with Crippen molar-refractivity contribution in [3.63, 3.8) is 0 Å². The Bertz CT molecular complexity index is 3580. The van der Waals surface area contributed by atoms with E-state index in [1.54, 1.807) is 0 Å². The maximum atomic E-state index is 9.43. The number of hydrogen-bond donors (Lipinski definition) is 0. The van der Waals surface area contributed by atoms with E-state index in [4.69, 9.17) is 9.90 Å². The molecule has 0 amide bonds. The molecule has 0 unspecified atom stereocenters. The molecule has 0 atom stereocenters. The molecule has 0 fully saturated rings. The quantitative estimate of drug-likeness (QED) is 0.173. The van der Waals surface area contributed by atoms with Crippen molar-refractivity contribution in [3.05, 3.63) is 182 Å². The molecule has 1 heteroatoms. The molecule has 0 saturated heterocycles. The predicted octanol–water partition coefficient (Wildman–Crippen LogP) is 14.4. The molecule has 0 aliphatic heterocycles. The van der Waals surface area contributed by atoms with Gasteiger partial charge in [-0.25, -0.2) is 0 Å². The van der Waals surface area contributed by atoms with Crippen molar-refractivity contribution in [2.45, 2.75) is 0 Å². The molecule has 10 aromatic carbocycles. The second kappa shape index (κ2) is 10.9. The molecule has 0 aliphatic carbocycles. The van der Waals surface area contributed by atoms with Crippen molar-refractivity contribution in [2.24, 2.45) is 0 Å². The van der Waals surface area contributed by atoms with Gasteiger partial charge in [-0.1, -0.05) is 158 Å². The predicted molar refractivity (Wildman–Crippen MR) is 218 cm³/mol. The van der Waals surface area contributed by atoms with Crippen molar-refractivity contribution in [1.29, 1.82) is 0 Å². The molecule has 1 heterocycles. The number of benzene rings is 10. The van der Waals surface area contributed by atoms with Gasteiger partial charge in [-0.05, 0) is 106 Å². The summed E-state index contributed by atoms with van der Waals surface area (Å²) in [6, 6.07) is 40.9. The third-order valence-corrected chi connectivity index (χ3v) is 10.3. The van der Waals surface area contributed by atoms with Crippen molar-refractivity contribution >= 4 is 75.8 Å². The minimum Gasteiger partial charge on any atom is -0.455 e. The van der Waals surface area contributed by atoms with E-state index < -0.39 is 24.2 Å². The van der Waals surface area contributed by atoms with Gasteiger partial charge in [0.2, 0.25) is 0 Å². The monoisotopic (exact) mass is 654 g/mol. The second-order valence-electron chi connectivity index (χ2n) is 13.0. The van der Waals surface area contributed by atoms with Gasteiger partial charge < -0.3 is 4.42 Å². The fourth-order valence-electron chi connectivity index (χ4n) is 7.99. The van der Waals surface area contributed by atoms with Gasteiger partial charge in [0.25, 0.3) is 0 Å². The van der Waals surface area contributed by atoms with E-state index in [2.05, 4.69) is 42.5 Å². The minimum atomic E-state index is -0.427. The van der Waals surface area contributed by atoms with Crippen LogP contribution in [-0.2, 0) is 0 Å². The summed E-state index contributed by atoms with van der Waals surface area (Å²) >= 11 is 0. The fourth-order valence-corrected chi connectivity index (χ4v) is 7.99. The van der Waals surface area contributed by atoms with Crippen molar-refractivity contribution in [1.82, 2.24) is 0 Å². The molecule has 0 radical (unpaired) electrons. The normalized spacial score (nSPS) is 14.1. The van der Waals surface area contributed by atoms with Gasteiger partial charge >= 0.3 is 0 Å². The Morgan fingerprint density at radius 3 is 1.71 bits per heavy atom. The van der Waals surface area contributed by atoms with Gasteiger partial charge in [0, 0.05) is 16.2 Å². The third kappa shape index (κ3) is 4.22. The summed E-state index contributed by atoms with van der Waals surface area (Å²) in [4.78, 5) is 0. The maximum Gasteiger partial charge on any atom is 0.143 e. The lowest BCUT2D eigenvalue weighted by Gasteiger charge is -2.19. The first-order valence-electron chi connectivity index (χ1n) is 20.9. The Morgan fingerprint density at radius 2 is 0.941 bits per heavy atom. The van der Waals surface area contributed by atoms with Gasteiger partial charge in [0.1, 0.15) is 11.2 Å². The molecular formula is C50H30O. The third-order valence-electron chi connectivity index (χ3n) is 10.3. The zero-order chi connectivity index (χ0) is 40.4. The Balaban J connectivity index is 1.25. The molecule has 0 saturated carbocycles. The summed E-state index contributed by atoms with van der Waals surface area (Å²) < 4.78 is 79.6. The van der Waals surface area contributed by atoms with Crippen molar-refractivity contribution in [2.75, 3.05) is 0 Å². The summed E-state index contributed by atoms with van der Waals surface area (Å²) in [5, 5.41) is 8.35. The summed E-state index contributed by atoms with van der Waals surface area (Å²) in [6.07, 6.45) is 0. The zero-order valence-electron chi connectivity index (χ0n) is 35.1. The summed E-state index contributed by atoms with van der Waals surface area (Å²) in [5.41, 5.74) is 5.36. The Kier molecular flexibility index (Phi) is 4.57. The van der Waals surface area contributed by atoms with E-state index in [9.17, 15) is 5.48 Å². The van der Waals surface area contributed by atoms with Crippen LogP contribution in [0, 0.1) is 0 Å². The molecule has 0 spiro atoms. The molecular weight excluding hydrogens is 617 g/mol. The Hall–Kier alpha value is -6.70. The standard InChI is InChI=1S/C50H30O/c1-3-14-37-32(11-1)13-9-21-40(37)48-43-18-7-5-16-41(43)47(42-17-6-8-19-44(42)48)35-26-24-31-23-25-34(29-36(31)30-35)38-20-10-22-46-49(38)45-28-27-33-12-2-4-15-39(33)50(45)51-46/h1-30H/i5D,6D,7D,8D,16D,17D,18D,19D. The number of fused-ring (bicyclic) bond motifs is 9. The lowest BCUT2D eigenvalue weighted by Crippen LogP contribution is -1.91. The lowest BCUT2D eigenvalue weighted by molar-refractivity contribution is 0.673. The molecule has 1 aromatic heterocycles. The van der Waals surface area contributed by atoms with Crippen molar-refractivity contribution in [3.8, 4) is 33.4 Å². The van der Waals surface area contributed by atoms with Crippen LogP contribution in [0.2, 0.25) is 0 Å². The van der Waals surface area contributed by atoms with Crippen LogP contribution in [0.5, 0.6) is 0 Å². The SMILES string of the molecule is [2H]c1c([2H])c([2H])c2c(-c3cccc4ccccc34)c3c([2H])c([2H])c([2H])c([2H])c3c(-c3ccc4ccc(-c5cccc6oc7c8ccccc8ccc7c56)cc4c3)c2c1[2H]. The first kappa shape index (κ1) is 21.4. The van der Waals surface area contributed by atoms with E-state index in [1.165, 1.54) is 0 Å². The van der Waals surface area contributed by atoms with Crippen LogP contribution in [0.15, 0.2) is 186 Å². The summed E-state index contributed by atoms with van der Waals surface area (Å²) in [7, 11) is 0. The van der Waals surface area contributed by atoms with Crippen LogP contribution in [0.1, 0.15) is 11.0 Å². The molecule has 0 N–H and O–H groups in total. The molecule has 11 aromatic rings. The highest BCUT2D eigenvalue weighted by Gasteiger charge is 2.19. The molecule has 0 bridgehead atoms. The molecule has 236 valence electrons. The highest BCUT2D eigenvalue weighted by molar-refractivity contribution is 6.24. The molecule has 51 heavy (non-hydrogen) atoms. The summed E-state index contributed by atoms with van der Waals surface area (Å²) in [5.74, 6) is 0. The van der Waals surface area contributed by atoms with Crippen LogP contribution in [0.3, 0.4) is 0 Å². The number of rotatable bonds is 3. The van der Waals surface area contributed by atoms with Gasteiger partial charge in [0.05, 0.1) is 11.0 Å². The largest absolute Gasteiger partial charge is 0.455 e. The van der Waals surface area contributed by atoms with E-state index >= 15 is 0 Å². The smallest absolute Gasteiger partial charge is 0.143 e. The van der Waals surface area contributed by atoms with E-state index in [0.29, 0.717) is 22.3 Å². The summed E-state index contributed by atoms with van der Waals surface area (Å²) in [6.45, 7) is 0. The second-order valence-corrected chi connectivity index (χ2v) is 13.0. The first-order valence-corrected chi connectivity index (χ1v) is 16.9. The number of furan rings is 1. The van der Waals surface area contributed by atoms with Gasteiger partial charge in [-0.15, -0.1) is 0 Å².